The SMILES string of the molecule is COCCN(CC(=O)NCC(=O)Nc1ccc(OC)cc1)C(=O)Cc1ccccc1. The number of hydrogen-bond acceptors (Lipinski definition) is 5. The first kappa shape index (κ1) is 22.9. The van der Waals surface area contributed by atoms with Crippen molar-refractivity contribution in [3.05, 3.63) is 60.2 Å². The van der Waals surface area contributed by atoms with E-state index in [-0.39, 0.29) is 37.9 Å². The van der Waals surface area contributed by atoms with Crippen LogP contribution in [0.15, 0.2) is 54.6 Å². The van der Waals surface area contributed by atoms with Gasteiger partial charge in [0.2, 0.25) is 17.7 Å². The molecule has 2 aromatic rings. The molecule has 160 valence electrons. The topological polar surface area (TPSA) is 97.0 Å². The first-order valence-corrected chi connectivity index (χ1v) is 9.53. The van der Waals surface area contributed by atoms with Gasteiger partial charge in [-0.15, -0.1) is 0 Å². The van der Waals surface area contributed by atoms with Gasteiger partial charge in [0, 0.05) is 19.3 Å². The van der Waals surface area contributed by atoms with Crippen LogP contribution in [0, 0.1) is 0 Å². The van der Waals surface area contributed by atoms with Crippen LogP contribution in [-0.2, 0) is 25.5 Å². The summed E-state index contributed by atoms with van der Waals surface area (Å²) < 4.78 is 10.1. The molecule has 8 heteroatoms. The van der Waals surface area contributed by atoms with Crippen LogP contribution >= 0.6 is 0 Å². The lowest BCUT2D eigenvalue weighted by Gasteiger charge is -2.22. The lowest BCUT2D eigenvalue weighted by molar-refractivity contribution is -0.136. The van der Waals surface area contributed by atoms with Crippen molar-refractivity contribution in [1.29, 1.82) is 0 Å². The third kappa shape index (κ3) is 7.92. The standard InChI is InChI=1S/C22H27N3O5/c1-29-13-12-25(22(28)14-17-6-4-3-5-7-17)16-21(27)23-15-20(26)24-18-8-10-19(30-2)11-9-18/h3-11H,12-16H2,1-2H3,(H,23,27)(H,24,26). The second-order valence-electron chi connectivity index (χ2n) is 6.52. The highest BCUT2D eigenvalue weighted by atomic mass is 16.5. The van der Waals surface area contributed by atoms with E-state index in [1.165, 1.54) is 12.0 Å². The highest BCUT2D eigenvalue weighted by molar-refractivity contribution is 5.95. The third-order valence-electron chi connectivity index (χ3n) is 4.27. The fraction of sp³-hybridized carbons (Fsp3) is 0.318. The average Bonchev–Trinajstić information content (AvgIpc) is 2.76. The van der Waals surface area contributed by atoms with Crippen LogP contribution in [0.25, 0.3) is 0 Å². The van der Waals surface area contributed by atoms with Crippen molar-refractivity contribution in [2.75, 3.05) is 45.8 Å². The van der Waals surface area contributed by atoms with E-state index in [2.05, 4.69) is 10.6 Å². The van der Waals surface area contributed by atoms with Gasteiger partial charge in [-0.25, -0.2) is 0 Å². The van der Waals surface area contributed by atoms with Gasteiger partial charge in [0.1, 0.15) is 5.75 Å². The maximum atomic E-state index is 12.6. The zero-order chi connectivity index (χ0) is 21.8. The number of rotatable bonds is 11. The number of nitrogens with one attached hydrogen (secondary N) is 2. The molecular weight excluding hydrogens is 386 g/mol. The Bertz CT molecular complexity index is 824. The van der Waals surface area contributed by atoms with Crippen LogP contribution < -0.4 is 15.4 Å². The quantitative estimate of drug-likeness (QED) is 0.582. The molecule has 0 bridgehead atoms. The molecule has 0 spiro atoms. The molecule has 0 aliphatic rings. The number of ether oxygens (including phenoxy) is 2. The summed E-state index contributed by atoms with van der Waals surface area (Å²) in [6.07, 6.45) is 0.190. The molecule has 0 atom stereocenters. The summed E-state index contributed by atoms with van der Waals surface area (Å²) in [5, 5.41) is 5.22. The van der Waals surface area contributed by atoms with Crippen molar-refractivity contribution in [3.8, 4) is 5.75 Å². The van der Waals surface area contributed by atoms with Crippen molar-refractivity contribution in [1.82, 2.24) is 10.2 Å². The molecular formula is C22H27N3O5. The number of hydrogen-bond donors (Lipinski definition) is 2. The molecule has 0 radical (unpaired) electrons. The monoisotopic (exact) mass is 413 g/mol. The van der Waals surface area contributed by atoms with Crippen molar-refractivity contribution in [2.45, 2.75) is 6.42 Å². The third-order valence-corrected chi connectivity index (χ3v) is 4.27. The van der Waals surface area contributed by atoms with E-state index in [9.17, 15) is 14.4 Å². The maximum Gasteiger partial charge on any atom is 0.243 e. The molecule has 8 nitrogen and oxygen atoms in total. The zero-order valence-electron chi connectivity index (χ0n) is 17.2. The Balaban J connectivity index is 1.83. The number of anilines is 1. The Morgan fingerprint density at radius 2 is 1.63 bits per heavy atom. The molecule has 0 heterocycles. The molecule has 0 fully saturated rings. The van der Waals surface area contributed by atoms with Crippen LogP contribution in [0.2, 0.25) is 0 Å². The molecule has 0 saturated carbocycles. The molecule has 2 N–H and O–H groups in total. The summed E-state index contributed by atoms with van der Waals surface area (Å²) in [5.74, 6) is -0.293. The van der Waals surface area contributed by atoms with Crippen LogP contribution in [0.1, 0.15) is 5.56 Å². The van der Waals surface area contributed by atoms with E-state index in [0.29, 0.717) is 18.0 Å². The molecule has 0 aliphatic heterocycles. The highest BCUT2D eigenvalue weighted by Gasteiger charge is 2.18. The largest absolute Gasteiger partial charge is 0.497 e. The molecule has 0 aromatic heterocycles. The van der Waals surface area contributed by atoms with Crippen LogP contribution in [-0.4, -0.2) is 63.1 Å². The van der Waals surface area contributed by atoms with Gasteiger partial charge in [0.15, 0.2) is 0 Å². The predicted octanol–water partition coefficient (Wildman–Crippen LogP) is 1.47. The van der Waals surface area contributed by atoms with Crippen molar-refractivity contribution >= 4 is 23.4 Å². The lowest BCUT2D eigenvalue weighted by atomic mass is 10.1. The second-order valence-corrected chi connectivity index (χ2v) is 6.52. The molecule has 0 unspecified atom stereocenters. The van der Waals surface area contributed by atoms with E-state index in [4.69, 9.17) is 9.47 Å². The van der Waals surface area contributed by atoms with E-state index >= 15 is 0 Å². The molecule has 30 heavy (non-hydrogen) atoms. The van der Waals surface area contributed by atoms with Gasteiger partial charge in [-0.2, -0.15) is 0 Å². The molecule has 2 aromatic carbocycles. The zero-order valence-corrected chi connectivity index (χ0v) is 17.2. The van der Waals surface area contributed by atoms with Gasteiger partial charge >= 0.3 is 0 Å². The van der Waals surface area contributed by atoms with Gasteiger partial charge in [-0.05, 0) is 29.8 Å². The van der Waals surface area contributed by atoms with Gasteiger partial charge in [0.05, 0.1) is 33.2 Å². The molecule has 0 aliphatic carbocycles. The van der Waals surface area contributed by atoms with Gasteiger partial charge in [-0.1, -0.05) is 30.3 Å². The first-order valence-electron chi connectivity index (χ1n) is 9.53. The van der Waals surface area contributed by atoms with Gasteiger partial charge < -0.3 is 25.0 Å². The number of nitrogens with zero attached hydrogens (tertiary/aromatic N) is 1. The second kappa shape index (κ2) is 12.2. The first-order chi connectivity index (χ1) is 14.5. The van der Waals surface area contributed by atoms with Crippen LogP contribution in [0.4, 0.5) is 5.69 Å². The minimum Gasteiger partial charge on any atom is -0.497 e. The average molecular weight is 413 g/mol. The Hall–Kier alpha value is -3.39. The van der Waals surface area contributed by atoms with E-state index in [0.717, 1.165) is 5.56 Å². The van der Waals surface area contributed by atoms with Crippen molar-refractivity contribution in [2.24, 2.45) is 0 Å². The molecule has 3 amide bonds. The predicted molar refractivity (Wildman–Crippen MR) is 113 cm³/mol. The van der Waals surface area contributed by atoms with Crippen LogP contribution in [0.5, 0.6) is 5.75 Å². The number of carbonyl (C=O) groups excluding carboxylic acids is 3. The van der Waals surface area contributed by atoms with Crippen LogP contribution in [0.3, 0.4) is 0 Å². The van der Waals surface area contributed by atoms with Crippen molar-refractivity contribution in [3.63, 3.8) is 0 Å². The lowest BCUT2D eigenvalue weighted by Crippen LogP contribution is -2.44. The maximum absolute atomic E-state index is 12.6. The summed E-state index contributed by atoms with van der Waals surface area (Å²) in [4.78, 5) is 38.3. The van der Waals surface area contributed by atoms with E-state index in [1.54, 1.807) is 31.4 Å². The number of amides is 3. The smallest absolute Gasteiger partial charge is 0.243 e. The summed E-state index contributed by atoms with van der Waals surface area (Å²) in [6, 6.07) is 16.2. The van der Waals surface area contributed by atoms with E-state index < -0.39 is 5.91 Å². The number of carbonyl (C=O) groups is 3. The minimum atomic E-state index is -0.419. The summed E-state index contributed by atoms with van der Waals surface area (Å²) >= 11 is 0. The van der Waals surface area contributed by atoms with E-state index in [1.807, 2.05) is 30.3 Å². The number of methoxy groups -OCH3 is 2. The summed E-state index contributed by atoms with van der Waals surface area (Å²) in [7, 11) is 3.09. The van der Waals surface area contributed by atoms with Crippen molar-refractivity contribution < 1.29 is 23.9 Å². The fourth-order valence-corrected chi connectivity index (χ4v) is 2.66. The Morgan fingerprint density at radius 1 is 0.933 bits per heavy atom. The summed E-state index contributed by atoms with van der Waals surface area (Å²) in [5.41, 5.74) is 1.46. The highest BCUT2D eigenvalue weighted by Crippen LogP contribution is 2.14. The van der Waals surface area contributed by atoms with Gasteiger partial charge in [0.25, 0.3) is 0 Å². The van der Waals surface area contributed by atoms with Gasteiger partial charge in [-0.3, -0.25) is 14.4 Å². The minimum absolute atomic E-state index is 0.148. The molecule has 2 rings (SSSR count). The summed E-state index contributed by atoms with van der Waals surface area (Å²) in [6.45, 7) is 0.250. The number of benzene rings is 2. The Kier molecular flexibility index (Phi) is 9.33. The Labute approximate surface area is 176 Å². The molecule has 0 saturated heterocycles. The normalized spacial score (nSPS) is 10.2. The fourth-order valence-electron chi connectivity index (χ4n) is 2.66. The Morgan fingerprint density at radius 3 is 2.27 bits per heavy atom.